The number of carboxylic acids is 1. The molecule has 0 aliphatic carbocycles. The van der Waals surface area contributed by atoms with Gasteiger partial charge in [-0.2, -0.15) is 0 Å². The SMILES string of the molecule is CC(C)CN(c1ccc([C@H](C)CC(=O)O)cc1Nc1cnc(C(N)=O)nc1)C1CCOCC1. The first-order chi connectivity index (χ1) is 15.7. The number of amides is 1. The van der Waals surface area contributed by atoms with Crippen LogP contribution in [0.25, 0.3) is 0 Å². The minimum absolute atomic E-state index is 0.0465. The first-order valence-corrected chi connectivity index (χ1v) is 11.3. The van der Waals surface area contributed by atoms with Gasteiger partial charge in [-0.3, -0.25) is 9.59 Å². The molecule has 1 aliphatic heterocycles. The fraction of sp³-hybridized carbons (Fsp3) is 0.500. The van der Waals surface area contributed by atoms with E-state index in [1.165, 1.54) is 12.4 Å². The number of benzene rings is 1. The number of aromatic nitrogens is 2. The Balaban J connectivity index is 2.00. The highest BCUT2D eigenvalue weighted by Crippen LogP contribution is 2.36. The van der Waals surface area contributed by atoms with Crippen LogP contribution in [0.1, 0.15) is 62.1 Å². The summed E-state index contributed by atoms with van der Waals surface area (Å²) >= 11 is 0. The van der Waals surface area contributed by atoms with E-state index in [1.54, 1.807) is 0 Å². The third-order valence-corrected chi connectivity index (χ3v) is 5.72. The average Bonchev–Trinajstić information content (AvgIpc) is 2.78. The molecule has 178 valence electrons. The summed E-state index contributed by atoms with van der Waals surface area (Å²) < 4.78 is 5.58. The molecule has 0 spiro atoms. The summed E-state index contributed by atoms with van der Waals surface area (Å²) in [6, 6.07) is 6.41. The second kappa shape index (κ2) is 11.1. The Morgan fingerprint density at radius 3 is 2.45 bits per heavy atom. The van der Waals surface area contributed by atoms with Gasteiger partial charge in [0.2, 0.25) is 5.82 Å². The minimum Gasteiger partial charge on any atom is -0.481 e. The quantitative estimate of drug-likeness (QED) is 0.496. The molecule has 1 aromatic heterocycles. The molecule has 0 unspecified atom stereocenters. The van der Waals surface area contributed by atoms with Crippen LogP contribution >= 0.6 is 0 Å². The van der Waals surface area contributed by atoms with Crippen LogP contribution in [-0.4, -0.2) is 52.8 Å². The average molecular weight is 456 g/mol. The molecule has 1 aliphatic rings. The zero-order valence-electron chi connectivity index (χ0n) is 19.5. The highest BCUT2D eigenvalue weighted by Gasteiger charge is 2.25. The van der Waals surface area contributed by atoms with Gasteiger partial charge in [0.25, 0.3) is 5.91 Å². The van der Waals surface area contributed by atoms with Gasteiger partial charge in [-0.25, -0.2) is 9.97 Å². The van der Waals surface area contributed by atoms with E-state index in [0.29, 0.717) is 17.6 Å². The molecule has 1 fully saturated rings. The standard InChI is InChI=1S/C24H33N5O4/c1-15(2)14-29(19-6-8-33-9-7-19)21-5-4-17(16(3)10-22(30)31)11-20(21)28-18-12-26-24(23(25)32)27-13-18/h4-5,11-13,15-16,19,28H,6-10,14H2,1-3H3,(H2,25,32)(H,30,31)/t16-/m1/s1. The van der Waals surface area contributed by atoms with Crippen molar-refractivity contribution in [2.45, 2.75) is 52.0 Å². The molecular formula is C24H33N5O4. The Morgan fingerprint density at radius 2 is 1.88 bits per heavy atom. The van der Waals surface area contributed by atoms with E-state index in [9.17, 15) is 14.7 Å². The van der Waals surface area contributed by atoms with E-state index in [4.69, 9.17) is 10.5 Å². The van der Waals surface area contributed by atoms with Gasteiger partial charge in [-0.1, -0.05) is 26.8 Å². The Labute approximate surface area is 194 Å². The van der Waals surface area contributed by atoms with Crippen molar-refractivity contribution in [3.63, 3.8) is 0 Å². The minimum atomic E-state index is -0.833. The summed E-state index contributed by atoms with van der Waals surface area (Å²) in [5, 5.41) is 12.6. The van der Waals surface area contributed by atoms with E-state index in [1.807, 2.05) is 19.1 Å². The predicted molar refractivity (Wildman–Crippen MR) is 127 cm³/mol. The van der Waals surface area contributed by atoms with Crippen molar-refractivity contribution in [2.24, 2.45) is 11.7 Å². The number of carbonyl (C=O) groups excluding carboxylic acids is 1. The Bertz CT molecular complexity index is 958. The zero-order valence-corrected chi connectivity index (χ0v) is 19.5. The van der Waals surface area contributed by atoms with Crippen LogP contribution in [0, 0.1) is 5.92 Å². The van der Waals surface area contributed by atoms with Crippen LogP contribution in [0.3, 0.4) is 0 Å². The van der Waals surface area contributed by atoms with E-state index < -0.39 is 11.9 Å². The topological polar surface area (TPSA) is 131 Å². The molecule has 0 saturated carbocycles. The first-order valence-electron chi connectivity index (χ1n) is 11.3. The lowest BCUT2D eigenvalue weighted by molar-refractivity contribution is -0.137. The summed E-state index contributed by atoms with van der Waals surface area (Å²) in [6.45, 7) is 8.64. The first kappa shape index (κ1) is 24.4. The Morgan fingerprint density at radius 1 is 1.21 bits per heavy atom. The van der Waals surface area contributed by atoms with Crippen LogP contribution in [-0.2, 0) is 9.53 Å². The molecule has 1 saturated heterocycles. The highest BCUT2D eigenvalue weighted by molar-refractivity contribution is 5.89. The van der Waals surface area contributed by atoms with Crippen LogP contribution in [0.2, 0.25) is 0 Å². The summed E-state index contributed by atoms with van der Waals surface area (Å²) in [5.41, 5.74) is 8.66. The third kappa shape index (κ3) is 6.64. The fourth-order valence-corrected chi connectivity index (χ4v) is 4.10. The Hall–Kier alpha value is -3.20. The number of nitrogens with one attached hydrogen (secondary N) is 1. The van der Waals surface area contributed by atoms with Crippen molar-refractivity contribution in [3.8, 4) is 0 Å². The van der Waals surface area contributed by atoms with Gasteiger partial charge in [-0.15, -0.1) is 0 Å². The molecule has 1 amide bonds. The fourth-order valence-electron chi connectivity index (χ4n) is 4.10. The zero-order chi connectivity index (χ0) is 24.0. The molecule has 4 N–H and O–H groups in total. The van der Waals surface area contributed by atoms with Crippen molar-refractivity contribution in [3.05, 3.63) is 42.0 Å². The van der Waals surface area contributed by atoms with Gasteiger partial charge in [0.05, 0.1) is 35.9 Å². The molecule has 3 rings (SSSR count). The number of nitrogens with two attached hydrogens (primary N) is 1. The lowest BCUT2D eigenvalue weighted by Crippen LogP contribution is -2.42. The maximum absolute atomic E-state index is 11.3. The van der Waals surface area contributed by atoms with Crippen LogP contribution < -0.4 is 16.0 Å². The van der Waals surface area contributed by atoms with Gasteiger partial charge >= 0.3 is 5.97 Å². The maximum Gasteiger partial charge on any atom is 0.303 e. The van der Waals surface area contributed by atoms with Crippen LogP contribution in [0.4, 0.5) is 17.1 Å². The van der Waals surface area contributed by atoms with E-state index in [-0.39, 0.29) is 18.2 Å². The second-order valence-corrected chi connectivity index (χ2v) is 8.95. The molecule has 0 bridgehead atoms. The molecule has 2 aromatic rings. The van der Waals surface area contributed by atoms with Crippen molar-refractivity contribution in [1.82, 2.24) is 9.97 Å². The lowest BCUT2D eigenvalue weighted by atomic mass is 9.95. The number of nitrogens with zero attached hydrogens (tertiary/aromatic N) is 3. The molecule has 0 radical (unpaired) electrons. The predicted octanol–water partition coefficient (Wildman–Crippen LogP) is 3.54. The largest absolute Gasteiger partial charge is 0.481 e. The van der Waals surface area contributed by atoms with E-state index in [0.717, 1.165) is 49.5 Å². The highest BCUT2D eigenvalue weighted by atomic mass is 16.5. The number of ether oxygens (including phenoxy) is 1. The second-order valence-electron chi connectivity index (χ2n) is 8.95. The Kier molecular flexibility index (Phi) is 8.21. The normalized spacial score (nSPS) is 15.3. The van der Waals surface area contributed by atoms with Crippen molar-refractivity contribution in [1.29, 1.82) is 0 Å². The summed E-state index contributed by atoms with van der Waals surface area (Å²) in [6.07, 6.45) is 4.97. The molecule has 9 heteroatoms. The molecule has 1 atom stereocenters. The summed E-state index contributed by atoms with van der Waals surface area (Å²) in [7, 11) is 0. The molecule has 1 aromatic carbocycles. The van der Waals surface area contributed by atoms with E-state index >= 15 is 0 Å². The third-order valence-electron chi connectivity index (χ3n) is 5.72. The number of carboxylic acid groups (broad SMARTS) is 1. The summed E-state index contributed by atoms with van der Waals surface area (Å²) in [5.74, 6) is -1.26. The van der Waals surface area contributed by atoms with Gasteiger partial charge < -0.3 is 25.8 Å². The number of hydrogen-bond donors (Lipinski definition) is 3. The number of carbonyl (C=O) groups is 2. The number of hydrogen-bond acceptors (Lipinski definition) is 7. The molecule has 2 heterocycles. The molecule has 9 nitrogen and oxygen atoms in total. The van der Waals surface area contributed by atoms with Crippen molar-refractivity contribution < 1.29 is 19.4 Å². The van der Waals surface area contributed by atoms with Crippen LogP contribution in [0.15, 0.2) is 30.6 Å². The smallest absolute Gasteiger partial charge is 0.303 e. The summed E-state index contributed by atoms with van der Waals surface area (Å²) in [4.78, 5) is 33.0. The van der Waals surface area contributed by atoms with Crippen molar-refractivity contribution in [2.75, 3.05) is 30.0 Å². The molecular weight excluding hydrogens is 422 g/mol. The van der Waals surface area contributed by atoms with E-state index in [2.05, 4.69) is 40.1 Å². The molecule has 33 heavy (non-hydrogen) atoms. The number of anilines is 3. The van der Waals surface area contributed by atoms with Gasteiger partial charge in [-0.05, 0) is 42.4 Å². The monoisotopic (exact) mass is 455 g/mol. The lowest BCUT2D eigenvalue weighted by Gasteiger charge is -2.38. The maximum atomic E-state index is 11.3. The number of aliphatic carboxylic acids is 1. The van der Waals surface area contributed by atoms with Crippen LogP contribution in [0.5, 0.6) is 0 Å². The van der Waals surface area contributed by atoms with Crippen molar-refractivity contribution >= 4 is 28.9 Å². The van der Waals surface area contributed by atoms with Gasteiger partial charge in [0, 0.05) is 25.8 Å². The van der Waals surface area contributed by atoms with Gasteiger partial charge in [0.1, 0.15) is 0 Å². The number of rotatable bonds is 10. The van der Waals surface area contributed by atoms with Gasteiger partial charge in [0.15, 0.2) is 0 Å². The number of primary amides is 1.